The molecule has 1 aliphatic rings. The summed E-state index contributed by atoms with van der Waals surface area (Å²) in [6.07, 6.45) is 1.79. The van der Waals surface area contributed by atoms with Crippen molar-refractivity contribution in [3.63, 3.8) is 0 Å². The number of rotatable bonds is 7. The number of halogens is 1. The number of carbonyl (C=O) groups is 1. The van der Waals surface area contributed by atoms with Gasteiger partial charge >= 0.3 is 5.97 Å². The molecular formula is C22H26ClNO4. The molecule has 3 unspecified atom stereocenters. The third-order valence-electron chi connectivity index (χ3n) is 5.21. The maximum absolute atomic E-state index is 11.5. The second-order valence-electron chi connectivity index (χ2n) is 7.10. The fourth-order valence-corrected chi connectivity index (χ4v) is 3.89. The van der Waals surface area contributed by atoms with Gasteiger partial charge in [-0.2, -0.15) is 0 Å². The third-order valence-corrected chi connectivity index (χ3v) is 5.44. The SMILES string of the molecule is CCOC(=O)COc1ccc2c(c1)CC(C(N)C(O)c1cccc(Cl)c1)CC2. The summed E-state index contributed by atoms with van der Waals surface area (Å²) >= 11 is 6.04. The van der Waals surface area contributed by atoms with Crippen molar-refractivity contribution >= 4 is 17.6 Å². The van der Waals surface area contributed by atoms with Crippen molar-refractivity contribution in [3.05, 3.63) is 64.2 Å². The van der Waals surface area contributed by atoms with E-state index < -0.39 is 12.1 Å². The highest BCUT2D eigenvalue weighted by Crippen LogP contribution is 2.33. The zero-order valence-electron chi connectivity index (χ0n) is 15.9. The highest BCUT2D eigenvalue weighted by molar-refractivity contribution is 6.30. The number of aryl methyl sites for hydroxylation is 1. The Morgan fingerprint density at radius 1 is 1.29 bits per heavy atom. The van der Waals surface area contributed by atoms with Crippen molar-refractivity contribution in [1.82, 2.24) is 0 Å². The molecule has 0 aromatic heterocycles. The summed E-state index contributed by atoms with van der Waals surface area (Å²) in [4.78, 5) is 11.5. The summed E-state index contributed by atoms with van der Waals surface area (Å²) in [6, 6.07) is 12.7. The fraction of sp³-hybridized carbons (Fsp3) is 0.409. The van der Waals surface area contributed by atoms with E-state index in [-0.39, 0.29) is 18.5 Å². The van der Waals surface area contributed by atoms with Crippen LogP contribution >= 0.6 is 11.6 Å². The van der Waals surface area contributed by atoms with Crippen LogP contribution in [0.25, 0.3) is 0 Å². The molecule has 2 aromatic rings. The van der Waals surface area contributed by atoms with Crippen LogP contribution in [0.2, 0.25) is 5.02 Å². The average Bonchev–Trinajstić information content (AvgIpc) is 2.70. The maximum Gasteiger partial charge on any atom is 0.344 e. The largest absolute Gasteiger partial charge is 0.482 e. The molecule has 0 saturated heterocycles. The summed E-state index contributed by atoms with van der Waals surface area (Å²) in [6.45, 7) is 1.99. The van der Waals surface area contributed by atoms with E-state index in [1.807, 2.05) is 30.3 Å². The van der Waals surface area contributed by atoms with Gasteiger partial charge in [-0.3, -0.25) is 0 Å². The van der Waals surface area contributed by atoms with Gasteiger partial charge in [-0.05, 0) is 73.1 Å². The Morgan fingerprint density at radius 3 is 2.86 bits per heavy atom. The molecule has 0 heterocycles. The van der Waals surface area contributed by atoms with Crippen molar-refractivity contribution in [2.24, 2.45) is 11.7 Å². The summed E-state index contributed by atoms with van der Waals surface area (Å²) in [5.74, 6) is 0.392. The number of carbonyl (C=O) groups excluding carboxylic acids is 1. The summed E-state index contributed by atoms with van der Waals surface area (Å²) in [5, 5.41) is 11.3. The Labute approximate surface area is 170 Å². The fourth-order valence-electron chi connectivity index (χ4n) is 3.70. The van der Waals surface area contributed by atoms with Crippen molar-refractivity contribution in [1.29, 1.82) is 0 Å². The van der Waals surface area contributed by atoms with Crippen LogP contribution in [0.15, 0.2) is 42.5 Å². The van der Waals surface area contributed by atoms with Gasteiger partial charge in [0.25, 0.3) is 0 Å². The zero-order chi connectivity index (χ0) is 20.1. The topological polar surface area (TPSA) is 81.8 Å². The van der Waals surface area contributed by atoms with Crippen molar-refractivity contribution in [2.75, 3.05) is 13.2 Å². The van der Waals surface area contributed by atoms with E-state index in [1.165, 1.54) is 5.56 Å². The number of ether oxygens (including phenoxy) is 2. The van der Waals surface area contributed by atoms with E-state index in [0.717, 1.165) is 30.4 Å². The first kappa shape index (κ1) is 20.6. The molecule has 6 heteroatoms. The second kappa shape index (κ2) is 9.41. The van der Waals surface area contributed by atoms with Crippen LogP contribution in [0, 0.1) is 5.92 Å². The molecule has 3 N–H and O–H groups in total. The Balaban J connectivity index is 1.67. The molecule has 0 spiro atoms. The molecule has 0 fully saturated rings. The predicted molar refractivity (Wildman–Crippen MR) is 108 cm³/mol. The molecule has 0 aliphatic heterocycles. The summed E-state index contributed by atoms with van der Waals surface area (Å²) < 4.78 is 10.4. The lowest BCUT2D eigenvalue weighted by molar-refractivity contribution is -0.145. The van der Waals surface area contributed by atoms with Gasteiger partial charge in [0.2, 0.25) is 0 Å². The minimum Gasteiger partial charge on any atom is -0.482 e. The minimum absolute atomic E-state index is 0.108. The molecule has 28 heavy (non-hydrogen) atoms. The smallest absolute Gasteiger partial charge is 0.344 e. The highest BCUT2D eigenvalue weighted by atomic mass is 35.5. The van der Waals surface area contributed by atoms with E-state index in [2.05, 4.69) is 0 Å². The molecule has 2 aromatic carbocycles. The molecule has 5 nitrogen and oxygen atoms in total. The number of aliphatic hydroxyl groups excluding tert-OH is 1. The van der Waals surface area contributed by atoms with Crippen LogP contribution < -0.4 is 10.5 Å². The predicted octanol–water partition coefficient (Wildman–Crippen LogP) is 3.45. The molecule has 0 radical (unpaired) electrons. The first-order valence-corrected chi connectivity index (χ1v) is 9.95. The minimum atomic E-state index is -0.770. The molecule has 150 valence electrons. The Bertz CT molecular complexity index is 826. The van der Waals surface area contributed by atoms with E-state index in [4.69, 9.17) is 26.8 Å². The van der Waals surface area contributed by atoms with Crippen LogP contribution in [-0.2, 0) is 22.4 Å². The number of nitrogens with two attached hydrogens (primary N) is 1. The van der Waals surface area contributed by atoms with Crippen LogP contribution in [-0.4, -0.2) is 30.3 Å². The maximum atomic E-state index is 11.5. The van der Waals surface area contributed by atoms with E-state index in [9.17, 15) is 9.90 Å². The number of benzene rings is 2. The average molecular weight is 404 g/mol. The molecule has 3 atom stereocenters. The number of hydrogen-bond acceptors (Lipinski definition) is 5. The van der Waals surface area contributed by atoms with Gasteiger partial charge in [-0.15, -0.1) is 0 Å². The number of esters is 1. The molecular weight excluding hydrogens is 378 g/mol. The van der Waals surface area contributed by atoms with Crippen LogP contribution in [0.4, 0.5) is 0 Å². The molecule has 0 saturated carbocycles. The van der Waals surface area contributed by atoms with Gasteiger partial charge in [0, 0.05) is 11.1 Å². The number of hydrogen-bond donors (Lipinski definition) is 2. The molecule has 0 bridgehead atoms. The first-order valence-electron chi connectivity index (χ1n) is 9.57. The lowest BCUT2D eigenvalue weighted by atomic mass is 9.78. The highest BCUT2D eigenvalue weighted by Gasteiger charge is 2.29. The van der Waals surface area contributed by atoms with Gasteiger partial charge in [-0.1, -0.05) is 29.8 Å². The van der Waals surface area contributed by atoms with Gasteiger partial charge in [0.05, 0.1) is 12.7 Å². The number of fused-ring (bicyclic) bond motifs is 1. The summed E-state index contributed by atoms with van der Waals surface area (Å²) in [5.41, 5.74) is 9.55. The van der Waals surface area contributed by atoms with Crippen LogP contribution in [0.3, 0.4) is 0 Å². The van der Waals surface area contributed by atoms with Gasteiger partial charge in [0.15, 0.2) is 6.61 Å². The quantitative estimate of drug-likeness (QED) is 0.692. The van der Waals surface area contributed by atoms with Crippen LogP contribution in [0.5, 0.6) is 5.75 Å². The van der Waals surface area contributed by atoms with Gasteiger partial charge in [0.1, 0.15) is 5.75 Å². The third kappa shape index (κ3) is 5.04. The monoisotopic (exact) mass is 403 g/mol. The van der Waals surface area contributed by atoms with E-state index in [0.29, 0.717) is 17.4 Å². The van der Waals surface area contributed by atoms with Gasteiger partial charge < -0.3 is 20.3 Å². The molecule has 1 aliphatic carbocycles. The lowest BCUT2D eigenvalue weighted by Crippen LogP contribution is -2.39. The van der Waals surface area contributed by atoms with Gasteiger partial charge in [-0.25, -0.2) is 4.79 Å². The number of aliphatic hydroxyl groups is 1. The Hall–Kier alpha value is -2.08. The lowest BCUT2D eigenvalue weighted by Gasteiger charge is -2.32. The zero-order valence-corrected chi connectivity index (χ0v) is 16.7. The standard InChI is InChI=1S/C22H26ClNO4/c1-2-27-20(25)13-28-19-9-8-14-6-7-15(10-17(14)12-19)21(24)22(26)16-4-3-5-18(23)11-16/h3-5,8-9,11-12,15,21-22,26H,2,6-7,10,13,24H2,1H3. The van der Waals surface area contributed by atoms with Crippen LogP contribution in [0.1, 0.15) is 36.1 Å². The molecule has 3 rings (SSSR count). The Morgan fingerprint density at radius 2 is 2.11 bits per heavy atom. The van der Waals surface area contributed by atoms with E-state index in [1.54, 1.807) is 19.1 Å². The van der Waals surface area contributed by atoms with E-state index >= 15 is 0 Å². The Kier molecular flexibility index (Phi) is 6.94. The van der Waals surface area contributed by atoms with Crippen molar-refractivity contribution in [3.8, 4) is 5.75 Å². The molecule has 0 amide bonds. The second-order valence-corrected chi connectivity index (χ2v) is 7.54. The summed E-state index contributed by atoms with van der Waals surface area (Å²) in [7, 11) is 0. The van der Waals surface area contributed by atoms with Crippen molar-refractivity contribution in [2.45, 2.75) is 38.3 Å². The van der Waals surface area contributed by atoms with Crippen molar-refractivity contribution < 1.29 is 19.4 Å². The normalized spacial score (nSPS) is 18.1. The first-order chi connectivity index (χ1) is 13.5.